The monoisotopic (exact) mass is 340 g/mol. The lowest BCUT2D eigenvalue weighted by Gasteiger charge is -2.11. The van der Waals surface area contributed by atoms with E-state index >= 15 is 0 Å². The molecule has 3 rings (SSSR count). The number of pyridine rings is 1. The molecule has 0 aliphatic rings. The highest BCUT2D eigenvalue weighted by Crippen LogP contribution is 2.27. The topological polar surface area (TPSA) is 63.8 Å². The van der Waals surface area contributed by atoms with Crippen LogP contribution in [0.25, 0.3) is 11.4 Å². The van der Waals surface area contributed by atoms with E-state index in [1.54, 1.807) is 12.4 Å². The maximum atomic E-state index is 10.4. The number of aromatic nitrogens is 4. The number of benzene rings is 1. The van der Waals surface area contributed by atoms with Gasteiger partial charge in [0.25, 0.3) is 0 Å². The second kappa shape index (κ2) is 7.59. The largest absolute Gasteiger partial charge is 0.388 e. The molecular weight excluding hydrogens is 320 g/mol. The molecule has 1 unspecified atom stereocenters. The molecule has 1 N–H and O–H groups in total. The van der Waals surface area contributed by atoms with Gasteiger partial charge in [-0.2, -0.15) is 0 Å². The SMILES string of the molecule is CCn1c(SCC(O)c2ccc(C)cc2)nnc1-c1ccncc1. The van der Waals surface area contributed by atoms with Crippen LogP contribution in [-0.4, -0.2) is 30.6 Å². The van der Waals surface area contributed by atoms with Crippen LogP contribution in [0.2, 0.25) is 0 Å². The molecule has 2 aromatic heterocycles. The normalized spacial score (nSPS) is 12.3. The lowest BCUT2D eigenvalue weighted by molar-refractivity contribution is 0.204. The number of hydrogen-bond donors (Lipinski definition) is 1. The highest BCUT2D eigenvalue weighted by Gasteiger charge is 2.15. The van der Waals surface area contributed by atoms with Crippen LogP contribution in [0.1, 0.15) is 24.2 Å². The van der Waals surface area contributed by atoms with E-state index in [9.17, 15) is 5.11 Å². The van der Waals surface area contributed by atoms with Gasteiger partial charge in [-0.05, 0) is 31.5 Å². The smallest absolute Gasteiger partial charge is 0.191 e. The minimum atomic E-state index is -0.526. The molecule has 5 nitrogen and oxygen atoms in total. The van der Waals surface area contributed by atoms with Crippen LogP contribution >= 0.6 is 11.8 Å². The average molecular weight is 340 g/mol. The Morgan fingerprint density at radius 2 is 1.79 bits per heavy atom. The van der Waals surface area contributed by atoms with E-state index in [2.05, 4.69) is 26.7 Å². The fraction of sp³-hybridized carbons (Fsp3) is 0.278. The third-order valence-corrected chi connectivity index (χ3v) is 4.85. The Hall–Kier alpha value is -2.18. The van der Waals surface area contributed by atoms with Crippen molar-refractivity contribution in [3.8, 4) is 11.4 Å². The molecule has 0 aliphatic heterocycles. The predicted molar refractivity (Wildman–Crippen MR) is 95.8 cm³/mol. The van der Waals surface area contributed by atoms with Gasteiger partial charge in [-0.1, -0.05) is 41.6 Å². The molecule has 6 heteroatoms. The molecule has 24 heavy (non-hydrogen) atoms. The van der Waals surface area contributed by atoms with Crippen molar-refractivity contribution in [1.29, 1.82) is 0 Å². The summed E-state index contributed by atoms with van der Waals surface area (Å²) in [6, 6.07) is 11.8. The quantitative estimate of drug-likeness (QED) is 0.696. The van der Waals surface area contributed by atoms with Crippen LogP contribution in [0.4, 0.5) is 0 Å². The molecule has 0 radical (unpaired) electrons. The molecule has 0 spiro atoms. The molecule has 0 aliphatic carbocycles. The third kappa shape index (κ3) is 3.66. The van der Waals surface area contributed by atoms with Crippen molar-refractivity contribution in [3.05, 3.63) is 59.9 Å². The molecule has 2 heterocycles. The Labute approximate surface area is 145 Å². The van der Waals surface area contributed by atoms with E-state index in [1.807, 2.05) is 43.3 Å². The van der Waals surface area contributed by atoms with Crippen LogP contribution in [0, 0.1) is 6.92 Å². The Morgan fingerprint density at radius 1 is 1.08 bits per heavy atom. The standard InChI is InChI=1S/C18H20N4OS/c1-3-22-17(15-8-10-19-11-9-15)20-21-18(22)24-12-16(23)14-6-4-13(2)5-7-14/h4-11,16,23H,3,12H2,1-2H3. The molecule has 0 saturated heterocycles. The molecular formula is C18H20N4OS. The first-order valence-electron chi connectivity index (χ1n) is 7.90. The highest BCUT2D eigenvalue weighted by atomic mass is 32.2. The summed E-state index contributed by atoms with van der Waals surface area (Å²) in [4.78, 5) is 4.04. The molecule has 0 bridgehead atoms. The molecule has 124 valence electrons. The number of rotatable bonds is 6. The zero-order valence-electron chi connectivity index (χ0n) is 13.8. The van der Waals surface area contributed by atoms with Gasteiger partial charge in [0.1, 0.15) is 0 Å². The maximum absolute atomic E-state index is 10.4. The van der Waals surface area contributed by atoms with E-state index in [4.69, 9.17) is 0 Å². The van der Waals surface area contributed by atoms with Gasteiger partial charge in [0.05, 0.1) is 6.10 Å². The van der Waals surface area contributed by atoms with E-state index in [0.29, 0.717) is 5.75 Å². The molecule has 1 atom stereocenters. The number of nitrogens with zero attached hydrogens (tertiary/aromatic N) is 4. The van der Waals surface area contributed by atoms with Crippen molar-refractivity contribution < 1.29 is 5.11 Å². The maximum Gasteiger partial charge on any atom is 0.191 e. The van der Waals surface area contributed by atoms with Crippen molar-refractivity contribution in [2.45, 2.75) is 31.7 Å². The van der Waals surface area contributed by atoms with Gasteiger partial charge in [0.2, 0.25) is 0 Å². The summed E-state index contributed by atoms with van der Waals surface area (Å²) in [5.74, 6) is 1.37. The van der Waals surface area contributed by atoms with E-state index in [0.717, 1.165) is 28.7 Å². The van der Waals surface area contributed by atoms with E-state index in [-0.39, 0.29) is 0 Å². The summed E-state index contributed by atoms with van der Waals surface area (Å²) in [7, 11) is 0. The van der Waals surface area contributed by atoms with Gasteiger partial charge in [-0.3, -0.25) is 4.98 Å². The summed E-state index contributed by atoms with van der Waals surface area (Å²) < 4.78 is 2.06. The number of hydrogen-bond acceptors (Lipinski definition) is 5. The van der Waals surface area contributed by atoms with E-state index in [1.165, 1.54) is 17.3 Å². The Morgan fingerprint density at radius 3 is 2.46 bits per heavy atom. The summed E-state index contributed by atoms with van der Waals surface area (Å²) in [5.41, 5.74) is 3.10. The van der Waals surface area contributed by atoms with Gasteiger partial charge in [0, 0.05) is 30.3 Å². The summed E-state index contributed by atoms with van der Waals surface area (Å²) >= 11 is 1.52. The summed E-state index contributed by atoms with van der Waals surface area (Å²) in [6.07, 6.45) is 2.97. The summed E-state index contributed by atoms with van der Waals surface area (Å²) in [6.45, 7) is 4.87. The van der Waals surface area contributed by atoms with Gasteiger partial charge in [0.15, 0.2) is 11.0 Å². The number of aryl methyl sites for hydroxylation is 1. The van der Waals surface area contributed by atoms with Crippen LogP contribution < -0.4 is 0 Å². The lowest BCUT2D eigenvalue weighted by atomic mass is 10.1. The average Bonchev–Trinajstić information content (AvgIpc) is 3.04. The van der Waals surface area contributed by atoms with Gasteiger partial charge in [-0.15, -0.1) is 10.2 Å². The minimum Gasteiger partial charge on any atom is -0.388 e. The molecule has 0 amide bonds. The zero-order chi connectivity index (χ0) is 16.9. The van der Waals surface area contributed by atoms with E-state index < -0.39 is 6.10 Å². The third-order valence-electron chi connectivity index (χ3n) is 3.80. The highest BCUT2D eigenvalue weighted by molar-refractivity contribution is 7.99. The molecule has 1 aromatic carbocycles. The van der Waals surface area contributed by atoms with Crippen LogP contribution in [-0.2, 0) is 6.54 Å². The summed E-state index contributed by atoms with van der Waals surface area (Å²) in [5, 5.41) is 19.8. The predicted octanol–water partition coefficient (Wildman–Crippen LogP) is 3.49. The second-order valence-electron chi connectivity index (χ2n) is 5.52. The zero-order valence-corrected chi connectivity index (χ0v) is 14.6. The first kappa shape index (κ1) is 16.7. The van der Waals surface area contributed by atoms with Crippen molar-refractivity contribution in [3.63, 3.8) is 0 Å². The van der Waals surface area contributed by atoms with Crippen molar-refractivity contribution in [1.82, 2.24) is 19.7 Å². The van der Waals surface area contributed by atoms with Crippen LogP contribution in [0.3, 0.4) is 0 Å². The minimum absolute atomic E-state index is 0.526. The van der Waals surface area contributed by atoms with Crippen LogP contribution in [0.15, 0.2) is 53.9 Å². The van der Waals surface area contributed by atoms with Crippen molar-refractivity contribution in [2.75, 3.05) is 5.75 Å². The van der Waals surface area contributed by atoms with Crippen molar-refractivity contribution in [2.24, 2.45) is 0 Å². The molecule has 0 fully saturated rings. The first-order chi connectivity index (χ1) is 11.7. The number of aliphatic hydroxyl groups is 1. The fourth-order valence-corrected chi connectivity index (χ4v) is 3.40. The molecule has 3 aromatic rings. The Bertz CT molecular complexity index is 787. The fourth-order valence-electron chi connectivity index (χ4n) is 2.43. The van der Waals surface area contributed by atoms with Gasteiger partial charge >= 0.3 is 0 Å². The van der Waals surface area contributed by atoms with Crippen LogP contribution in [0.5, 0.6) is 0 Å². The van der Waals surface area contributed by atoms with Gasteiger partial charge in [-0.25, -0.2) is 0 Å². The number of thioether (sulfide) groups is 1. The second-order valence-corrected chi connectivity index (χ2v) is 6.51. The molecule has 0 saturated carbocycles. The first-order valence-corrected chi connectivity index (χ1v) is 8.88. The Kier molecular flexibility index (Phi) is 5.27. The number of aliphatic hydroxyl groups excluding tert-OH is 1. The Balaban J connectivity index is 1.74. The lowest BCUT2D eigenvalue weighted by Crippen LogP contribution is -2.04. The van der Waals surface area contributed by atoms with Gasteiger partial charge < -0.3 is 9.67 Å². The van der Waals surface area contributed by atoms with Crippen molar-refractivity contribution >= 4 is 11.8 Å².